The molecule has 2 atom stereocenters. The summed E-state index contributed by atoms with van der Waals surface area (Å²) in [5, 5.41) is 13.6. The Balaban J connectivity index is 0.00000128. The van der Waals surface area contributed by atoms with E-state index in [1.807, 2.05) is 24.3 Å². The van der Waals surface area contributed by atoms with Crippen LogP contribution in [0.3, 0.4) is 0 Å². The monoisotopic (exact) mass is 279 g/mol. The van der Waals surface area contributed by atoms with Gasteiger partial charge in [0.1, 0.15) is 0 Å². The molecule has 1 heterocycles. The number of benzene rings is 1. The van der Waals surface area contributed by atoms with E-state index < -0.39 is 0 Å². The molecule has 2 rings (SSSR count). The van der Waals surface area contributed by atoms with Crippen molar-refractivity contribution in [3.05, 3.63) is 29.3 Å². The van der Waals surface area contributed by atoms with Gasteiger partial charge in [0.2, 0.25) is 0 Å². The molecule has 0 aromatic heterocycles. The van der Waals surface area contributed by atoms with E-state index in [4.69, 9.17) is 11.6 Å². The Labute approximate surface area is 111 Å². The molecule has 16 heavy (non-hydrogen) atoms. The van der Waals surface area contributed by atoms with Crippen molar-refractivity contribution < 1.29 is 5.11 Å². The maximum Gasteiger partial charge on any atom is 0.0712 e. The van der Waals surface area contributed by atoms with Gasteiger partial charge in [-0.2, -0.15) is 0 Å². The zero-order chi connectivity index (χ0) is 10.7. The van der Waals surface area contributed by atoms with Gasteiger partial charge in [0, 0.05) is 34.7 Å². The second-order valence-corrected chi connectivity index (χ2v) is 5.28. The zero-order valence-electron chi connectivity index (χ0n) is 8.73. The van der Waals surface area contributed by atoms with Crippen LogP contribution in [-0.4, -0.2) is 30.1 Å². The van der Waals surface area contributed by atoms with Crippen LogP contribution in [0.25, 0.3) is 0 Å². The fourth-order valence-corrected chi connectivity index (χ4v) is 2.82. The fraction of sp³-hybridized carbons (Fsp3) is 0.455. The quantitative estimate of drug-likeness (QED) is 0.834. The highest BCUT2D eigenvalue weighted by Crippen LogP contribution is 2.24. The molecule has 1 fully saturated rings. The second kappa shape index (κ2) is 6.72. The van der Waals surface area contributed by atoms with Crippen LogP contribution in [-0.2, 0) is 0 Å². The molecule has 0 radical (unpaired) electrons. The molecule has 0 spiro atoms. The highest BCUT2D eigenvalue weighted by molar-refractivity contribution is 7.99. The summed E-state index contributed by atoms with van der Waals surface area (Å²) in [6, 6.07) is 7.82. The summed E-state index contributed by atoms with van der Waals surface area (Å²) < 4.78 is 0. The molecule has 2 N–H and O–H groups in total. The van der Waals surface area contributed by atoms with Crippen molar-refractivity contribution in [3.8, 4) is 0 Å². The summed E-state index contributed by atoms with van der Waals surface area (Å²) in [5.74, 6) is 1.32. The van der Waals surface area contributed by atoms with E-state index >= 15 is 0 Å². The zero-order valence-corrected chi connectivity index (χ0v) is 11.1. The Morgan fingerprint density at radius 3 is 2.56 bits per heavy atom. The molecule has 0 bridgehead atoms. The third-order valence-electron chi connectivity index (χ3n) is 2.58. The number of thioether (sulfide) groups is 1. The minimum atomic E-state index is -0.190. The van der Waals surface area contributed by atoms with E-state index in [0.717, 1.165) is 23.9 Å². The minimum absolute atomic E-state index is 0. The van der Waals surface area contributed by atoms with Crippen LogP contribution in [0.4, 0.5) is 0 Å². The predicted octanol–water partition coefficient (Wildman–Crippen LogP) is 2.43. The van der Waals surface area contributed by atoms with Gasteiger partial charge in [-0.05, 0) is 24.3 Å². The lowest BCUT2D eigenvalue weighted by molar-refractivity contribution is 0.158. The number of nitrogens with one attached hydrogen (secondary N) is 1. The van der Waals surface area contributed by atoms with Gasteiger partial charge in [0.05, 0.1) is 6.10 Å². The van der Waals surface area contributed by atoms with E-state index in [2.05, 4.69) is 5.32 Å². The van der Waals surface area contributed by atoms with E-state index in [1.165, 1.54) is 4.90 Å². The van der Waals surface area contributed by atoms with Crippen LogP contribution in [0.2, 0.25) is 5.02 Å². The maximum absolute atomic E-state index is 9.61. The molecule has 2 nitrogen and oxygen atoms in total. The van der Waals surface area contributed by atoms with Crippen molar-refractivity contribution in [1.82, 2.24) is 5.32 Å². The lowest BCUT2D eigenvalue weighted by Gasteiger charge is -2.12. The van der Waals surface area contributed by atoms with E-state index in [-0.39, 0.29) is 18.5 Å². The first kappa shape index (κ1) is 14.1. The minimum Gasteiger partial charge on any atom is -0.391 e. The number of aliphatic hydroxyl groups is 1. The SMILES string of the molecule is Cl.O[C@H]1CNC[C@@H]1CSc1ccc(Cl)cc1. The Morgan fingerprint density at radius 2 is 2.00 bits per heavy atom. The van der Waals surface area contributed by atoms with Gasteiger partial charge in [-0.1, -0.05) is 11.6 Å². The number of hydrogen-bond donors (Lipinski definition) is 2. The van der Waals surface area contributed by atoms with E-state index in [9.17, 15) is 5.11 Å². The Hall–Kier alpha value is 0.0700. The third-order valence-corrected chi connectivity index (χ3v) is 4.03. The largest absolute Gasteiger partial charge is 0.391 e. The lowest BCUT2D eigenvalue weighted by atomic mass is 10.1. The van der Waals surface area contributed by atoms with Crippen molar-refractivity contribution in [1.29, 1.82) is 0 Å². The van der Waals surface area contributed by atoms with Gasteiger partial charge >= 0.3 is 0 Å². The van der Waals surface area contributed by atoms with Gasteiger partial charge in [-0.15, -0.1) is 24.2 Å². The van der Waals surface area contributed by atoms with Gasteiger partial charge in [0.25, 0.3) is 0 Å². The first-order valence-electron chi connectivity index (χ1n) is 5.03. The summed E-state index contributed by atoms with van der Waals surface area (Å²) in [4.78, 5) is 1.21. The first-order valence-corrected chi connectivity index (χ1v) is 6.39. The Bertz CT molecular complexity index is 320. The van der Waals surface area contributed by atoms with Crippen molar-refractivity contribution >= 4 is 35.8 Å². The third kappa shape index (κ3) is 3.82. The molecule has 0 amide bonds. The predicted molar refractivity (Wildman–Crippen MR) is 71.8 cm³/mol. The van der Waals surface area contributed by atoms with Crippen LogP contribution in [0.5, 0.6) is 0 Å². The molecule has 1 aromatic carbocycles. The summed E-state index contributed by atoms with van der Waals surface area (Å²) in [7, 11) is 0. The second-order valence-electron chi connectivity index (χ2n) is 3.75. The summed E-state index contributed by atoms with van der Waals surface area (Å²) in [6.45, 7) is 1.65. The van der Waals surface area contributed by atoms with Crippen molar-refractivity contribution in [2.45, 2.75) is 11.0 Å². The molecule has 1 saturated heterocycles. The maximum atomic E-state index is 9.61. The molecule has 90 valence electrons. The molecular weight excluding hydrogens is 265 g/mol. The number of hydrogen-bond acceptors (Lipinski definition) is 3. The highest BCUT2D eigenvalue weighted by atomic mass is 35.5. The van der Waals surface area contributed by atoms with Crippen molar-refractivity contribution in [2.75, 3.05) is 18.8 Å². The van der Waals surface area contributed by atoms with Crippen LogP contribution >= 0.6 is 35.8 Å². The normalized spacial score (nSPS) is 24.1. The summed E-state index contributed by atoms with van der Waals surface area (Å²) in [6.07, 6.45) is -0.190. The number of aliphatic hydroxyl groups excluding tert-OH is 1. The Kier molecular flexibility index (Phi) is 5.94. The van der Waals surface area contributed by atoms with Gasteiger partial charge in [-0.25, -0.2) is 0 Å². The molecule has 0 unspecified atom stereocenters. The average Bonchev–Trinajstić information content (AvgIpc) is 2.63. The van der Waals surface area contributed by atoms with Gasteiger partial charge < -0.3 is 10.4 Å². The summed E-state index contributed by atoms with van der Waals surface area (Å²) >= 11 is 7.57. The van der Waals surface area contributed by atoms with Crippen molar-refractivity contribution in [3.63, 3.8) is 0 Å². The van der Waals surface area contributed by atoms with Crippen LogP contribution in [0.1, 0.15) is 0 Å². The van der Waals surface area contributed by atoms with Crippen LogP contribution < -0.4 is 5.32 Å². The fourth-order valence-electron chi connectivity index (χ4n) is 1.62. The van der Waals surface area contributed by atoms with E-state index in [1.54, 1.807) is 11.8 Å². The molecular formula is C11H15Cl2NOS. The van der Waals surface area contributed by atoms with Gasteiger partial charge in [-0.3, -0.25) is 0 Å². The Morgan fingerprint density at radius 1 is 1.31 bits per heavy atom. The van der Waals surface area contributed by atoms with Crippen molar-refractivity contribution in [2.24, 2.45) is 5.92 Å². The van der Waals surface area contributed by atoms with Crippen LogP contribution in [0, 0.1) is 5.92 Å². The molecule has 1 aromatic rings. The summed E-state index contributed by atoms with van der Waals surface area (Å²) in [5.41, 5.74) is 0. The highest BCUT2D eigenvalue weighted by Gasteiger charge is 2.24. The number of halogens is 2. The van der Waals surface area contributed by atoms with E-state index in [0.29, 0.717) is 5.92 Å². The standard InChI is InChI=1S/C11H14ClNOS.ClH/c12-9-1-3-10(4-2-9)15-7-8-5-13-6-11(8)14;/h1-4,8,11,13-14H,5-7H2;1H/t8-,11+;/m1./s1. The lowest BCUT2D eigenvalue weighted by Crippen LogP contribution is -2.19. The molecule has 0 saturated carbocycles. The number of rotatable bonds is 3. The molecule has 1 aliphatic rings. The molecule has 0 aliphatic carbocycles. The smallest absolute Gasteiger partial charge is 0.0712 e. The molecule has 5 heteroatoms. The topological polar surface area (TPSA) is 32.3 Å². The van der Waals surface area contributed by atoms with Gasteiger partial charge in [0.15, 0.2) is 0 Å². The number of β-amino-alcohol motifs (C(OH)–C–C–N with tert-alkyl or cyclic N) is 1. The average molecular weight is 280 g/mol. The molecule has 1 aliphatic heterocycles. The van der Waals surface area contributed by atoms with Crippen LogP contribution in [0.15, 0.2) is 29.2 Å². The first-order chi connectivity index (χ1) is 7.25.